The smallest absolute Gasteiger partial charge is 0.407 e. The van der Waals surface area contributed by atoms with Crippen molar-refractivity contribution in [1.29, 1.82) is 0 Å². The molecule has 1 saturated carbocycles. The van der Waals surface area contributed by atoms with Gasteiger partial charge >= 0.3 is 6.09 Å². The minimum Gasteiger partial charge on any atom is -0.444 e. The van der Waals surface area contributed by atoms with Gasteiger partial charge in [0, 0.05) is 25.2 Å². The molecule has 0 bridgehead atoms. The zero-order chi connectivity index (χ0) is 16.8. The molecule has 0 saturated heterocycles. The molecule has 3 atom stereocenters. The van der Waals surface area contributed by atoms with Crippen molar-refractivity contribution in [2.45, 2.75) is 78.0 Å². The van der Waals surface area contributed by atoms with Gasteiger partial charge in [-0.3, -0.25) is 0 Å². The Labute approximate surface area is 135 Å². The summed E-state index contributed by atoms with van der Waals surface area (Å²) < 4.78 is 5.29. The molecule has 22 heavy (non-hydrogen) atoms. The first-order chi connectivity index (χ1) is 10.2. The molecule has 1 fully saturated rings. The van der Waals surface area contributed by atoms with E-state index >= 15 is 0 Å². The van der Waals surface area contributed by atoms with Crippen LogP contribution in [0.25, 0.3) is 0 Å². The molecule has 3 unspecified atom stereocenters. The Morgan fingerprint density at radius 3 is 2.55 bits per heavy atom. The van der Waals surface area contributed by atoms with Gasteiger partial charge in [-0.15, -0.1) is 0 Å². The van der Waals surface area contributed by atoms with Crippen LogP contribution in [0.1, 0.15) is 60.3 Å². The summed E-state index contributed by atoms with van der Waals surface area (Å²) in [5.41, 5.74) is -0.457. The van der Waals surface area contributed by atoms with Crippen LogP contribution in [-0.2, 0) is 4.74 Å². The molecule has 0 aromatic carbocycles. The highest BCUT2D eigenvalue weighted by molar-refractivity contribution is 5.67. The number of carbonyl (C=O) groups excluding carboxylic acids is 1. The van der Waals surface area contributed by atoms with Gasteiger partial charge in [-0.05, 0) is 51.9 Å². The van der Waals surface area contributed by atoms with Gasteiger partial charge in [-0.25, -0.2) is 4.79 Å². The molecule has 1 rings (SSSR count). The number of rotatable bonds is 7. The van der Waals surface area contributed by atoms with E-state index in [-0.39, 0.29) is 12.7 Å². The third-order valence-corrected chi connectivity index (χ3v) is 4.24. The summed E-state index contributed by atoms with van der Waals surface area (Å²) in [6.45, 7) is 10.8. The molecule has 0 aromatic heterocycles. The zero-order valence-electron chi connectivity index (χ0n) is 14.8. The highest BCUT2D eigenvalue weighted by atomic mass is 16.6. The lowest BCUT2D eigenvalue weighted by molar-refractivity contribution is 0.0516. The van der Waals surface area contributed by atoms with Gasteiger partial charge in [0.05, 0.1) is 0 Å². The van der Waals surface area contributed by atoms with Gasteiger partial charge < -0.3 is 20.5 Å². The van der Waals surface area contributed by atoms with Crippen LogP contribution in [0.15, 0.2) is 0 Å². The first kappa shape index (κ1) is 19.2. The Morgan fingerprint density at radius 2 is 2.00 bits per heavy atom. The van der Waals surface area contributed by atoms with Gasteiger partial charge in [0.2, 0.25) is 0 Å². The monoisotopic (exact) mass is 314 g/mol. The lowest BCUT2D eigenvalue weighted by atomic mass is 9.97. The van der Waals surface area contributed by atoms with E-state index in [1.807, 2.05) is 20.8 Å². The second kappa shape index (κ2) is 8.73. The highest BCUT2D eigenvalue weighted by Crippen LogP contribution is 2.26. The maximum atomic E-state index is 11.8. The second-order valence-corrected chi connectivity index (χ2v) is 7.71. The van der Waals surface area contributed by atoms with Crippen LogP contribution in [0.4, 0.5) is 4.79 Å². The molecule has 3 N–H and O–H groups in total. The normalized spacial score (nSPS) is 23.6. The molecule has 1 amide bonds. The van der Waals surface area contributed by atoms with Crippen LogP contribution in [0.2, 0.25) is 0 Å². The molecule has 0 heterocycles. The average molecular weight is 314 g/mol. The maximum Gasteiger partial charge on any atom is 0.407 e. The first-order valence-corrected chi connectivity index (χ1v) is 8.56. The van der Waals surface area contributed by atoms with Crippen LogP contribution in [0.3, 0.4) is 0 Å². The van der Waals surface area contributed by atoms with Gasteiger partial charge in [-0.1, -0.05) is 20.3 Å². The van der Waals surface area contributed by atoms with E-state index in [0.29, 0.717) is 30.5 Å². The lowest BCUT2D eigenvalue weighted by Crippen LogP contribution is -2.46. The molecular weight excluding hydrogens is 280 g/mol. The van der Waals surface area contributed by atoms with E-state index in [4.69, 9.17) is 4.74 Å². The number of aliphatic hydroxyl groups excluding tert-OH is 1. The highest BCUT2D eigenvalue weighted by Gasteiger charge is 2.30. The molecular formula is C17H34N2O3. The molecule has 0 radical (unpaired) electrons. The lowest BCUT2D eigenvalue weighted by Gasteiger charge is -2.29. The fraction of sp³-hybridized carbons (Fsp3) is 0.941. The third kappa shape index (κ3) is 6.97. The largest absolute Gasteiger partial charge is 0.444 e. The van der Waals surface area contributed by atoms with Crippen molar-refractivity contribution in [3.05, 3.63) is 0 Å². The summed E-state index contributed by atoms with van der Waals surface area (Å²) in [5.74, 6) is 0.930. The number of ether oxygens (including phenoxy) is 1. The number of alkyl carbamates (subject to hydrolysis) is 1. The van der Waals surface area contributed by atoms with E-state index < -0.39 is 5.60 Å². The topological polar surface area (TPSA) is 70.6 Å². The van der Waals surface area contributed by atoms with Crippen LogP contribution in [0, 0.1) is 11.8 Å². The molecule has 0 aliphatic heterocycles. The summed E-state index contributed by atoms with van der Waals surface area (Å²) >= 11 is 0. The summed E-state index contributed by atoms with van der Waals surface area (Å²) in [5, 5.41) is 15.8. The number of aliphatic hydroxyl groups is 1. The molecule has 1 aliphatic carbocycles. The standard InChI is InChI=1S/C17H34N2O3/c1-12(2)14(9-10-20)19-15-8-6-7-13(15)11-18-16(21)22-17(3,4)5/h12-15,19-20H,6-11H2,1-5H3,(H,18,21). The van der Waals surface area contributed by atoms with Crippen molar-refractivity contribution in [3.63, 3.8) is 0 Å². The Kier molecular flexibility index (Phi) is 7.63. The van der Waals surface area contributed by atoms with E-state index in [0.717, 1.165) is 19.3 Å². The Bertz CT molecular complexity index is 339. The molecule has 0 aromatic rings. The molecule has 5 nitrogen and oxygen atoms in total. The van der Waals surface area contributed by atoms with E-state index in [1.165, 1.54) is 6.42 Å². The predicted octanol–water partition coefficient (Wildman–Crippen LogP) is 2.68. The molecule has 1 aliphatic rings. The van der Waals surface area contributed by atoms with Crippen molar-refractivity contribution in [2.24, 2.45) is 11.8 Å². The zero-order valence-corrected chi connectivity index (χ0v) is 14.8. The number of hydrogen-bond acceptors (Lipinski definition) is 4. The van der Waals surface area contributed by atoms with E-state index in [2.05, 4.69) is 24.5 Å². The Morgan fingerprint density at radius 1 is 1.32 bits per heavy atom. The molecule has 0 spiro atoms. The fourth-order valence-electron chi connectivity index (χ4n) is 3.05. The number of amides is 1. The molecule has 130 valence electrons. The van der Waals surface area contributed by atoms with Crippen LogP contribution in [0.5, 0.6) is 0 Å². The average Bonchev–Trinajstić information content (AvgIpc) is 2.81. The number of hydrogen-bond donors (Lipinski definition) is 3. The van der Waals surface area contributed by atoms with Gasteiger partial charge in [0.1, 0.15) is 5.60 Å². The van der Waals surface area contributed by atoms with Gasteiger partial charge in [0.15, 0.2) is 0 Å². The summed E-state index contributed by atoms with van der Waals surface area (Å²) in [6, 6.07) is 0.742. The fourth-order valence-corrected chi connectivity index (χ4v) is 3.05. The first-order valence-electron chi connectivity index (χ1n) is 8.56. The van der Waals surface area contributed by atoms with Crippen molar-refractivity contribution in [3.8, 4) is 0 Å². The Hall–Kier alpha value is -0.810. The minimum absolute atomic E-state index is 0.212. The van der Waals surface area contributed by atoms with Crippen LogP contribution in [-0.4, -0.2) is 42.0 Å². The second-order valence-electron chi connectivity index (χ2n) is 7.71. The van der Waals surface area contributed by atoms with Gasteiger partial charge in [-0.2, -0.15) is 0 Å². The predicted molar refractivity (Wildman–Crippen MR) is 88.8 cm³/mol. The van der Waals surface area contributed by atoms with Crippen LogP contribution < -0.4 is 10.6 Å². The SMILES string of the molecule is CC(C)C(CCO)NC1CCCC1CNC(=O)OC(C)(C)C. The maximum absolute atomic E-state index is 11.8. The quantitative estimate of drug-likeness (QED) is 0.676. The van der Waals surface area contributed by atoms with Crippen molar-refractivity contribution >= 4 is 6.09 Å². The summed E-state index contributed by atoms with van der Waals surface area (Å²) in [7, 11) is 0. The molecule has 5 heteroatoms. The van der Waals surface area contributed by atoms with Crippen molar-refractivity contribution in [2.75, 3.05) is 13.2 Å². The Balaban J connectivity index is 2.44. The van der Waals surface area contributed by atoms with Gasteiger partial charge in [0.25, 0.3) is 0 Å². The summed E-state index contributed by atoms with van der Waals surface area (Å²) in [6.07, 6.45) is 3.88. The number of carbonyl (C=O) groups is 1. The third-order valence-electron chi connectivity index (χ3n) is 4.24. The van der Waals surface area contributed by atoms with E-state index in [1.54, 1.807) is 0 Å². The summed E-state index contributed by atoms with van der Waals surface area (Å²) in [4.78, 5) is 11.8. The van der Waals surface area contributed by atoms with E-state index in [9.17, 15) is 9.90 Å². The van der Waals surface area contributed by atoms with Crippen LogP contribution >= 0.6 is 0 Å². The van der Waals surface area contributed by atoms with Crippen molar-refractivity contribution in [1.82, 2.24) is 10.6 Å². The number of nitrogens with one attached hydrogen (secondary N) is 2. The minimum atomic E-state index is -0.457. The van der Waals surface area contributed by atoms with Crippen molar-refractivity contribution < 1.29 is 14.6 Å².